The molecule has 0 aliphatic carbocycles. The summed E-state index contributed by atoms with van der Waals surface area (Å²) >= 11 is 6.00. The molecule has 0 aromatic carbocycles. The average molecular weight is 264 g/mol. The van der Waals surface area contributed by atoms with Crippen molar-refractivity contribution in [1.82, 2.24) is 4.98 Å². The van der Waals surface area contributed by atoms with E-state index in [-0.39, 0.29) is 16.5 Å². The number of nitrogens with two attached hydrogens (primary N) is 1. The summed E-state index contributed by atoms with van der Waals surface area (Å²) in [5, 5.41) is 0.547. The van der Waals surface area contributed by atoms with E-state index in [1.54, 1.807) is 0 Å². The van der Waals surface area contributed by atoms with Gasteiger partial charge in [0.2, 0.25) is 0 Å². The minimum Gasteiger partial charge on any atom is -0.389 e. The molecule has 0 saturated carbocycles. The Labute approximate surface area is 98.4 Å². The molecule has 0 aliphatic heterocycles. The average Bonchev–Trinajstić information content (AvgIpc) is 2.51. The van der Waals surface area contributed by atoms with Crippen LogP contribution >= 0.6 is 23.6 Å². The van der Waals surface area contributed by atoms with E-state index in [1.807, 2.05) is 6.92 Å². The van der Waals surface area contributed by atoms with Gasteiger partial charge in [-0.3, -0.25) is 0 Å². The zero-order valence-corrected chi connectivity index (χ0v) is 10.7. The van der Waals surface area contributed by atoms with Gasteiger partial charge in [-0.1, -0.05) is 19.1 Å². The smallest absolute Gasteiger partial charge is 0.156 e. The molecule has 1 aromatic rings. The molecule has 1 aromatic heterocycles. The van der Waals surface area contributed by atoms with Crippen molar-refractivity contribution in [3.63, 3.8) is 0 Å². The number of sulfone groups is 1. The largest absolute Gasteiger partial charge is 0.389 e. The van der Waals surface area contributed by atoms with Crippen LogP contribution in [0.4, 0.5) is 0 Å². The minimum absolute atomic E-state index is 0.0197. The van der Waals surface area contributed by atoms with Gasteiger partial charge < -0.3 is 5.73 Å². The van der Waals surface area contributed by atoms with Crippen molar-refractivity contribution >= 4 is 38.4 Å². The lowest BCUT2D eigenvalue weighted by Gasteiger charge is -1.98. The first-order valence-electron chi connectivity index (χ1n) is 4.39. The summed E-state index contributed by atoms with van der Waals surface area (Å²) in [7, 11) is -3.03. The summed E-state index contributed by atoms with van der Waals surface area (Å²) in [6, 6.07) is 0. The molecule has 1 rings (SSSR count). The van der Waals surface area contributed by atoms with Gasteiger partial charge in [0.15, 0.2) is 9.84 Å². The molecule has 4 nitrogen and oxygen atoms in total. The van der Waals surface area contributed by atoms with E-state index in [0.29, 0.717) is 16.3 Å². The minimum atomic E-state index is -3.03. The second-order valence-corrected chi connectivity index (χ2v) is 6.81. The zero-order valence-electron chi connectivity index (χ0n) is 8.26. The van der Waals surface area contributed by atoms with Crippen LogP contribution in [0.1, 0.15) is 23.2 Å². The van der Waals surface area contributed by atoms with E-state index in [1.165, 1.54) is 17.5 Å². The predicted molar refractivity (Wildman–Crippen MR) is 65.8 cm³/mol. The Bertz CT molecular complexity index is 450. The van der Waals surface area contributed by atoms with Gasteiger partial charge in [-0.15, -0.1) is 11.3 Å². The van der Waals surface area contributed by atoms with Gasteiger partial charge in [0.1, 0.15) is 15.7 Å². The number of hydrogen-bond acceptors (Lipinski definition) is 5. The van der Waals surface area contributed by atoms with Crippen LogP contribution in [-0.4, -0.2) is 24.1 Å². The molecule has 0 amide bonds. The highest BCUT2D eigenvalue weighted by atomic mass is 32.2. The van der Waals surface area contributed by atoms with Crippen LogP contribution in [0.15, 0.2) is 6.20 Å². The number of aromatic nitrogens is 1. The number of rotatable bonds is 5. The number of nitrogens with zero attached hydrogens (tertiary/aromatic N) is 1. The van der Waals surface area contributed by atoms with Crippen molar-refractivity contribution < 1.29 is 8.42 Å². The summed E-state index contributed by atoms with van der Waals surface area (Å²) in [5.74, 6) is 0.170. The Morgan fingerprint density at radius 1 is 1.67 bits per heavy atom. The van der Waals surface area contributed by atoms with Crippen molar-refractivity contribution in [1.29, 1.82) is 0 Å². The highest BCUT2D eigenvalue weighted by Gasteiger charge is 2.14. The lowest BCUT2D eigenvalue weighted by molar-refractivity contribution is 0.594. The molecule has 0 radical (unpaired) electrons. The zero-order chi connectivity index (χ0) is 11.5. The molecular formula is C8H12N2O2S3. The van der Waals surface area contributed by atoms with Crippen LogP contribution in [0.25, 0.3) is 0 Å². The normalized spacial score (nSPS) is 11.5. The fourth-order valence-electron chi connectivity index (χ4n) is 1.06. The molecule has 2 N–H and O–H groups in total. The molecule has 1 heterocycles. The first-order valence-corrected chi connectivity index (χ1v) is 7.44. The van der Waals surface area contributed by atoms with Crippen molar-refractivity contribution in [2.75, 3.05) is 5.75 Å². The fourth-order valence-corrected chi connectivity index (χ4v) is 3.80. The molecule has 0 fully saturated rings. The highest BCUT2D eigenvalue weighted by Crippen LogP contribution is 2.16. The third kappa shape index (κ3) is 3.84. The summed E-state index contributed by atoms with van der Waals surface area (Å²) in [4.78, 5) is 4.89. The topological polar surface area (TPSA) is 73.0 Å². The Balaban J connectivity index is 2.77. The standard InChI is InChI=1S/C8H12N2O2S3/c1-2-3-15(11,12)5-7-10-4-6(14-7)8(9)13/h4H,2-3,5H2,1H3,(H2,9,13). The number of hydrogen-bond donors (Lipinski definition) is 1. The maximum atomic E-state index is 11.5. The van der Waals surface area contributed by atoms with Gasteiger partial charge in [0, 0.05) is 6.20 Å². The van der Waals surface area contributed by atoms with Crippen molar-refractivity contribution in [2.24, 2.45) is 5.73 Å². The molecule has 15 heavy (non-hydrogen) atoms. The van der Waals surface area contributed by atoms with E-state index >= 15 is 0 Å². The molecule has 0 atom stereocenters. The van der Waals surface area contributed by atoms with Gasteiger partial charge in [-0.05, 0) is 6.42 Å². The Morgan fingerprint density at radius 2 is 2.33 bits per heavy atom. The molecule has 0 bridgehead atoms. The highest BCUT2D eigenvalue weighted by molar-refractivity contribution is 7.90. The summed E-state index contributed by atoms with van der Waals surface area (Å²) in [6.07, 6.45) is 2.14. The van der Waals surface area contributed by atoms with Crippen LogP contribution in [0.3, 0.4) is 0 Å². The van der Waals surface area contributed by atoms with E-state index in [0.717, 1.165) is 0 Å². The van der Waals surface area contributed by atoms with Crippen molar-refractivity contribution in [3.8, 4) is 0 Å². The van der Waals surface area contributed by atoms with Gasteiger partial charge in [-0.25, -0.2) is 13.4 Å². The summed E-state index contributed by atoms with van der Waals surface area (Å²) < 4.78 is 23.0. The Morgan fingerprint density at radius 3 is 2.80 bits per heavy atom. The maximum Gasteiger partial charge on any atom is 0.156 e. The third-order valence-corrected chi connectivity index (χ3v) is 4.96. The molecule has 7 heteroatoms. The molecule has 84 valence electrons. The maximum absolute atomic E-state index is 11.5. The van der Waals surface area contributed by atoms with E-state index in [9.17, 15) is 8.42 Å². The quantitative estimate of drug-likeness (QED) is 0.806. The lowest BCUT2D eigenvalue weighted by atomic mass is 10.6. The van der Waals surface area contributed by atoms with Crippen LogP contribution in [0.5, 0.6) is 0 Å². The second-order valence-electron chi connectivity index (χ2n) is 3.07. The molecule has 0 unspecified atom stereocenters. The van der Waals surface area contributed by atoms with Gasteiger partial charge >= 0.3 is 0 Å². The summed E-state index contributed by atoms with van der Waals surface area (Å²) in [5.41, 5.74) is 5.40. The van der Waals surface area contributed by atoms with Crippen LogP contribution in [0, 0.1) is 0 Å². The third-order valence-electron chi connectivity index (χ3n) is 1.65. The van der Waals surface area contributed by atoms with Crippen molar-refractivity contribution in [3.05, 3.63) is 16.1 Å². The van der Waals surface area contributed by atoms with Crippen LogP contribution in [-0.2, 0) is 15.6 Å². The van der Waals surface area contributed by atoms with Gasteiger partial charge in [0.05, 0.1) is 10.6 Å². The van der Waals surface area contributed by atoms with Crippen LogP contribution in [0.2, 0.25) is 0 Å². The molecule has 0 aliphatic rings. The monoisotopic (exact) mass is 264 g/mol. The molecule has 0 spiro atoms. The first kappa shape index (κ1) is 12.5. The molecule has 0 saturated heterocycles. The van der Waals surface area contributed by atoms with E-state index in [2.05, 4.69) is 4.98 Å². The van der Waals surface area contributed by atoms with Crippen LogP contribution < -0.4 is 5.73 Å². The van der Waals surface area contributed by atoms with Gasteiger partial charge in [-0.2, -0.15) is 0 Å². The Kier molecular flexibility index (Phi) is 4.18. The SMILES string of the molecule is CCCS(=O)(=O)Cc1ncc(C(N)=S)s1. The molecular weight excluding hydrogens is 252 g/mol. The lowest BCUT2D eigenvalue weighted by Crippen LogP contribution is -2.08. The van der Waals surface area contributed by atoms with Crippen molar-refractivity contribution in [2.45, 2.75) is 19.1 Å². The van der Waals surface area contributed by atoms with Gasteiger partial charge in [0.25, 0.3) is 0 Å². The van der Waals surface area contributed by atoms with E-state index in [4.69, 9.17) is 18.0 Å². The fraction of sp³-hybridized carbons (Fsp3) is 0.500. The number of thiocarbonyl (C=S) groups is 1. The second kappa shape index (κ2) is 5.00. The Hall–Kier alpha value is -0.530. The number of thiazole rings is 1. The summed E-state index contributed by atoms with van der Waals surface area (Å²) in [6.45, 7) is 1.83. The first-order chi connectivity index (χ1) is 6.94. The predicted octanol–water partition coefficient (Wildman–Crippen LogP) is 1.10. The van der Waals surface area contributed by atoms with E-state index < -0.39 is 9.84 Å².